The van der Waals surface area contributed by atoms with Crippen LogP contribution >= 0.6 is 0 Å². The molecule has 0 rings (SSSR count). The Labute approximate surface area is 246 Å². The Balaban J connectivity index is 3.69. The number of unbranched alkanes of at least 4 members (excludes halogenated alkanes) is 12. The third-order valence-corrected chi connectivity index (χ3v) is 6.64. The first-order chi connectivity index (χ1) is 19.6. The molecule has 0 saturated heterocycles. The van der Waals surface area contributed by atoms with Gasteiger partial charge < -0.3 is 14.6 Å². The van der Waals surface area contributed by atoms with Crippen LogP contribution in [0.15, 0.2) is 48.6 Å². The number of allylic oxidation sites excluding steroid dienone is 8. The number of hydrogen-bond donors (Lipinski definition) is 1. The summed E-state index contributed by atoms with van der Waals surface area (Å²) in [5, 5.41) is 9.48. The second-order valence-electron chi connectivity index (χ2n) is 10.5. The van der Waals surface area contributed by atoms with Crippen molar-refractivity contribution in [3.8, 4) is 0 Å². The molecule has 230 valence electrons. The van der Waals surface area contributed by atoms with Gasteiger partial charge in [0, 0.05) is 12.8 Å². The Hall–Kier alpha value is -2.14. The van der Waals surface area contributed by atoms with Gasteiger partial charge in [0.2, 0.25) is 0 Å². The zero-order chi connectivity index (χ0) is 29.4. The summed E-state index contributed by atoms with van der Waals surface area (Å²) < 4.78 is 10.5. The van der Waals surface area contributed by atoms with Crippen molar-refractivity contribution in [1.29, 1.82) is 0 Å². The molecule has 0 spiro atoms. The number of ether oxygens (including phenoxy) is 2. The summed E-state index contributed by atoms with van der Waals surface area (Å²) in [6.07, 6.45) is 37.3. The van der Waals surface area contributed by atoms with Crippen LogP contribution in [-0.4, -0.2) is 36.4 Å². The second-order valence-corrected chi connectivity index (χ2v) is 10.5. The SMILES string of the molecule is CCC=CCC=CCC=CCC=CCCCCC(=O)O[C@@H](CO)COC(=O)CCCCCCCCCCCCC. The smallest absolute Gasteiger partial charge is 0.306 e. The molecule has 0 saturated carbocycles. The molecule has 1 N–H and O–H groups in total. The number of rotatable bonds is 28. The van der Waals surface area contributed by atoms with Gasteiger partial charge in [-0.15, -0.1) is 0 Å². The molecule has 5 heteroatoms. The minimum absolute atomic E-state index is 0.0823. The number of carbonyl (C=O) groups is 2. The maximum atomic E-state index is 12.1. The molecule has 0 heterocycles. The third-order valence-electron chi connectivity index (χ3n) is 6.64. The average Bonchev–Trinajstić information content (AvgIpc) is 2.96. The van der Waals surface area contributed by atoms with Gasteiger partial charge in [-0.25, -0.2) is 0 Å². The third kappa shape index (κ3) is 28.9. The predicted molar refractivity (Wildman–Crippen MR) is 168 cm³/mol. The van der Waals surface area contributed by atoms with Gasteiger partial charge in [-0.05, 0) is 51.4 Å². The maximum absolute atomic E-state index is 12.1. The average molecular weight is 561 g/mol. The summed E-state index contributed by atoms with van der Waals surface area (Å²) in [6.45, 7) is 3.95. The van der Waals surface area contributed by atoms with E-state index in [-0.39, 0.29) is 25.2 Å². The second kappa shape index (κ2) is 31.4. The van der Waals surface area contributed by atoms with Crippen LogP contribution in [0.5, 0.6) is 0 Å². The number of carbonyl (C=O) groups excluding carboxylic acids is 2. The van der Waals surface area contributed by atoms with E-state index in [0.717, 1.165) is 64.2 Å². The molecule has 0 unspecified atom stereocenters. The largest absolute Gasteiger partial charge is 0.462 e. The van der Waals surface area contributed by atoms with Gasteiger partial charge in [-0.3, -0.25) is 9.59 Å². The molecular formula is C35H60O5. The van der Waals surface area contributed by atoms with Crippen LogP contribution in [0.2, 0.25) is 0 Å². The fraction of sp³-hybridized carbons (Fsp3) is 0.714. The summed E-state index contributed by atoms with van der Waals surface area (Å²) in [5.41, 5.74) is 0. The normalized spacial score (nSPS) is 12.8. The molecule has 0 fully saturated rings. The Morgan fingerprint density at radius 3 is 1.62 bits per heavy atom. The molecule has 0 aromatic rings. The molecule has 0 aromatic heterocycles. The van der Waals surface area contributed by atoms with Crippen molar-refractivity contribution in [2.24, 2.45) is 0 Å². The number of esters is 2. The molecule has 5 nitrogen and oxygen atoms in total. The highest BCUT2D eigenvalue weighted by atomic mass is 16.6. The molecule has 1 atom stereocenters. The van der Waals surface area contributed by atoms with Gasteiger partial charge in [0.25, 0.3) is 0 Å². The Morgan fingerprint density at radius 2 is 1.07 bits per heavy atom. The van der Waals surface area contributed by atoms with Gasteiger partial charge in [0.1, 0.15) is 6.61 Å². The van der Waals surface area contributed by atoms with Gasteiger partial charge in [-0.2, -0.15) is 0 Å². The Morgan fingerprint density at radius 1 is 0.600 bits per heavy atom. The van der Waals surface area contributed by atoms with Crippen molar-refractivity contribution in [3.63, 3.8) is 0 Å². The predicted octanol–water partition coefficient (Wildman–Crippen LogP) is 9.50. The lowest BCUT2D eigenvalue weighted by Crippen LogP contribution is -2.28. The van der Waals surface area contributed by atoms with E-state index in [2.05, 4.69) is 62.5 Å². The van der Waals surface area contributed by atoms with Crippen LogP contribution in [0.25, 0.3) is 0 Å². The molecule has 0 bridgehead atoms. The van der Waals surface area contributed by atoms with Crippen molar-refractivity contribution >= 4 is 11.9 Å². The zero-order valence-corrected chi connectivity index (χ0v) is 25.8. The highest BCUT2D eigenvalue weighted by molar-refractivity contribution is 5.70. The quantitative estimate of drug-likeness (QED) is 0.0586. The minimum Gasteiger partial charge on any atom is -0.462 e. The van der Waals surface area contributed by atoms with Crippen LogP contribution in [0, 0.1) is 0 Å². The van der Waals surface area contributed by atoms with E-state index in [1.807, 2.05) is 0 Å². The zero-order valence-electron chi connectivity index (χ0n) is 25.8. The first kappa shape index (κ1) is 37.9. The summed E-state index contributed by atoms with van der Waals surface area (Å²) >= 11 is 0. The van der Waals surface area contributed by atoms with Gasteiger partial charge >= 0.3 is 11.9 Å². The van der Waals surface area contributed by atoms with E-state index in [9.17, 15) is 14.7 Å². The van der Waals surface area contributed by atoms with E-state index in [0.29, 0.717) is 12.8 Å². The van der Waals surface area contributed by atoms with E-state index >= 15 is 0 Å². The van der Waals surface area contributed by atoms with Crippen LogP contribution in [-0.2, 0) is 19.1 Å². The van der Waals surface area contributed by atoms with Crippen molar-refractivity contribution in [2.75, 3.05) is 13.2 Å². The van der Waals surface area contributed by atoms with Gasteiger partial charge in [0.05, 0.1) is 6.61 Å². The van der Waals surface area contributed by atoms with Crippen molar-refractivity contribution in [1.82, 2.24) is 0 Å². The summed E-state index contributed by atoms with van der Waals surface area (Å²) in [5.74, 6) is -0.644. The summed E-state index contributed by atoms with van der Waals surface area (Å²) in [4.78, 5) is 24.0. The fourth-order valence-corrected chi connectivity index (χ4v) is 4.19. The lowest BCUT2D eigenvalue weighted by molar-refractivity contribution is -0.161. The first-order valence-corrected chi connectivity index (χ1v) is 16.2. The molecular weight excluding hydrogens is 500 g/mol. The van der Waals surface area contributed by atoms with E-state index < -0.39 is 6.10 Å². The Kier molecular flexibility index (Phi) is 29.7. The lowest BCUT2D eigenvalue weighted by Gasteiger charge is -2.15. The minimum atomic E-state index is -0.789. The van der Waals surface area contributed by atoms with E-state index in [1.54, 1.807) is 0 Å². The lowest BCUT2D eigenvalue weighted by atomic mass is 10.1. The monoisotopic (exact) mass is 560 g/mol. The van der Waals surface area contributed by atoms with Crippen LogP contribution in [0.1, 0.15) is 142 Å². The number of aliphatic hydroxyl groups excluding tert-OH is 1. The topological polar surface area (TPSA) is 72.8 Å². The molecule has 0 aliphatic rings. The molecule has 0 radical (unpaired) electrons. The highest BCUT2D eigenvalue weighted by Crippen LogP contribution is 2.12. The van der Waals surface area contributed by atoms with Gasteiger partial charge in [0.15, 0.2) is 6.10 Å². The summed E-state index contributed by atoms with van der Waals surface area (Å²) in [7, 11) is 0. The van der Waals surface area contributed by atoms with Crippen molar-refractivity contribution in [2.45, 2.75) is 148 Å². The molecule has 40 heavy (non-hydrogen) atoms. The number of aliphatic hydroxyl groups is 1. The standard InChI is InChI=1S/C35H60O5/c1-3-5-7-9-11-13-15-16-17-18-20-22-24-26-28-30-35(38)40-33(31-36)32-39-34(37)29-27-25-23-21-19-14-12-10-8-6-4-2/h5,7,11,13,16-17,20,22,33,36H,3-4,6,8-10,12,14-15,18-19,21,23-32H2,1-2H3/t33-/m0/s1. The molecule has 0 amide bonds. The van der Waals surface area contributed by atoms with E-state index in [4.69, 9.17) is 9.47 Å². The molecule has 0 aliphatic carbocycles. The Bertz CT molecular complexity index is 692. The van der Waals surface area contributed by atoms with Crippen LogP contribution in [0.4, 0.5) is 0 Å². The fourth-order valence-electron chi connectivity index (χ4n) is 4.19. The first-order valence-electron chi connectivity index (χ1n) is 16.2. The number of hydrogen-bond acceptors (Lipinski definition) is 5. The molecule has 0 aliphatic heterocycles. The van der Waals surface area contributed by atoms with Gasteiger partial charge in [-0.1, -0.05) is 127 Å². The molecule has 0 aromatic carbocycles. The van der Waals surface area contributed by atoms with Crippen LogP contribution in [0.3, 0.4) is 0 Å². The maximum Gasteiger partial charge on any atom is 0.306 e. The highest BCUT2D eigenvalue weighted by Gasteiger charge is 2.16. The summed E-state index contributed by atoms with van der Waals surface area (Å²) in [6, 6.07) is 0. The van der Waals surface area contributed by atoms with Crippen molar-refractivity contribution < 1.29 is 24.2 Å². The van der Waals surface area contributed by atoms with Crippen LogP contribution < -0.4 is 0 Å². The van der Waals surface area contributed by atoms with E-state index in [1.165, 1.54) is 51.4 Å². The van der Waals surface area contributed by atoms with Crippen molar-refractivity contribution in [3.05, 3.63) is 48.6 Å².